The lowest BCUT2D eigenvalue weighted by Gasteiger charge is -2.13. The fourth-order valence-electron chi connectivity index (χ4n) is 1.90. The Kier molecular flexibility index (Phi) is 3.90. The van der Waals surface area contributed by atoms with Gasteiger partial charge in [-0.25, -0.2) is 0 Å². The number of nitrogens with two attached hydrogens (primary N) is 1. The highest BCUT2D eigenvalue weighted by Gasteiger charge is 2.29. The summed E-state index contributed by atoms with van der Waals surface area (Å²) in [7, 11) is 0. The van der Waals surface area contributed by atoms with Crippen LogP contribution in [0, 0.1) is 0 Å². The molecule has 0 spiro atoms. The van der Waals surface area contributed by atoms with E-state index < -0.39 is 11.7 Å². The molecule has 0 saturated heterocycles. The van der Waals surface area contributed by atoms with Gasteiger partial charge in [-0.15, -0.1) is 0 Å². The molecule has 0 aromatic heterocycles. The molecule has 0 saturated carbocycles. The van der Waals surface area contributed by atoms with E-state index in [-0.39, 0.29) is 6.04 Å². The van der Waals surface area contributed by atoms with E-state index in [0.29, 0.717) is 6.42 Å². The molecule has 2 rings (SSSR count). The quantitative estimate of drug-likeness (QED) is 0.893. The van der Waals surface area contributed by atoms with Gasteiger partial charge in [0.05, 0.1) is 5.56 Å². The lowest BCUT2D eigenvalue weighted by molar-refractivity contribution is -0.137. The highest BCUT2D eigenvalue weighted by Crippen LogP contribution is 2.29. The van der Waals surface area contributed by atoms with Crippen molar-refractivity contribution in [3.05, 3.63) is 71.3 Å². The Morgan fingerprint density at radius 2 is 1.47 bits per heavy atom. The number of hydrogen-bond acceptors (Lipinski definition) is 1. The number of benzene rings is 2. The number of rotatable bonds is 3. The molecular weight excluding hydrogens is 251 g/mol. The molecule has 0 bridgehead atoms. The first-order chi connectivity index (χ1) is 8.97. The fraction of sp³-hybridized carbons (Fsp3) is 0.200. The van der Waals surface area contributed by atoms with Crippen LogP contribution in [-0.2, 0) is 12.6 Å². The van der Waals surface area contributed by atoms with Crippen molar-refractivity contribution in [3.63, 3.8) is 0 Å². The first kappa shape index (κ1) is 13.6. The summed E-state index contributed by atoms with van der Waals surface area (Å²) in [5, 5.41) is 0. The Morgan fingerprint density at radius 3 is 2.00 bits per heavy atom. The third-order valence-corrected chi connectivity index (χ3v) is 2.96. The van der Waals surface area contributed by atoms with E-state index in [1.54, 1.807) is 0 Å². The van der Waals surface area contributed by atoms with Gasteiger partial charge in [0.2, 0.25) is 0 Å². The van der Waals surface area contributed by atoms with Crippen LogP contribution in [0.4, 0.5) is 13.2 Å². The van der Waals surface area contributed by atoms with Gasteiger partial charge in [-0.05, 0) is 29.7 Å². The number of alkyl halides is 3. The van der Waals surface area contributed by atoms with E-state index >= 15 is 0 Å². The molecule has 1 unspecified atom stereocenters. The molecule has 2 aromatic rings. The van der Waals surface area contributed by atoms with Gasteiger partial charge in [0.15, 0.2) is 0 Å². The summed E-state index contributed by atoms with van der Waals surface area (Å²) in [6, 6.07) is 14.4. The van der Waals surface area contributed by atoms with Crippen LogP contribution in [0.3, 0.4) is 0 Å². The monoisotopic (exact) mass is 265 g/mol. The van der Waals surface area contributed by atoms with Gasteiger partial charge >= 0.3 is 6.18 Å². The lowest BCUT2D eigenvalue weighted by atomic mass is 9.99. The molecular formula is C15H14F3N. The molecule has 0 amide bonds. The minimum absolute atomic E-state index is 0.210. The van der Waals surface area contributed by atoms with Gasteiger partial charge < -0.3 is 5.73 Å². The summed E-state index contributed by atoms with van der Waals surface area (Å²) in [5.74, 6) is 0. The second-order valence-electron chi connectivity index (χ2n) is 4.42. The zero-order valence-corrected chi connectivity index (χ0v) is 10.2. The van der Waals surface area contributed by atoms with Crippen molar-refractivity contribution in [1.29, 1.82) is 0 Å². The highest BCUT2D eigenvalue weighted by atomic mass is 19.4. The van der Waals surface area contributed by atoms with E-state index in [9.17, 15) is 13.2 Å². The van der Waals surface area contributed by atoms with Crippen LogP contribution in [0.5, 0.6) is 0 Å². The molecule has 0 aliphatic rings. The zero-order chi connectivity index (χ0) is 13.9. The minimum atomic E-state index is -4.29. The Hall–Kier alpha value is -1.81. The minimum Gasteiger partial charge on any atom is -0.324 e. The molecule has 0 heterocycles. The molecule has 4 heteroatoms. The van der Waals surface area contributed by atoms with Crippen LogP contribution in [0.1, 0.15) is 22.7 Å². The summed E-state index contributed by atoms with van der Waals surface area (Å²) in [5.41, 5.74) is 7.16. The smallest absolute Gasteiger partial charge is 0.324 e. The van der Waals surface area contributed by atoms with Crippen LogP contribution in [-0.4, -0.2) is 0 Å². The molecule has 0 aliphatic heterocycles. The van der Waals surface area contributed by atoms with Crippen molar-refractivity contribution >= 4 is 0 Å². The lowest BCUT2D eigenvalue weighted by Crippen LogP contribution is -2.13. The van der Waals surface area contributed by atoms with E-state index in [1.807, 2.05) is 30.3 Å². The second kappa shape index (κ2) is 5.45. The average Bonchev–Trinajstić information content (AvgIpc) is 2.39. The standard InChI is InChI=1S/C15H14F3N/c16-15(17,18)13-8-6-11(7-9-13)10-14(19)12-4-2-1-3-5-12/h1-9,14H,10,19H2. The van der Waals surface area contributed by atoms with Crippen LogP contribution in [0.2, 0.25) is 0 Å². The summed E-state index contributed by atoms with van der Waals surface area (Å²) >= 11 is 0. The molecule has 0 fully saturated rings. The van der Waals surface area contributed by atoms with Gasteiger partial charge in [-0.1, -0.05) is 42.5 Å². The van der Waals surface area contributed by atoms with Crippen molar-refractivity contribution in [3.8, 4) is 0 Å². The predicted octanol–water partition coefficient (Wildman–Crippen LogP) is 3.95. The van der Waals surface area contributed by atoms with Crippen LogP contribution < -0.4 is 5.73 Å². The van der Waals surface area contributed by atoms with Gasteiger partial charge in [-0.3, -0.25) is 0 Å². The highest BCUT2D eigenvalue weighted by molar-refractivity contribution is 5.27. The van der Waals surface area contributed by atoms with E-state index in [2.05, 4.69) is 0 Å². The Bertz CT molecular complexity index is 517. The average molecular weight is 265 g/mol. The topological polar surface area (TPSA) is 26.0 Å². The van der Waals surface area contributed by atoms with Gasteiger partial charge in [0.1, 0.15) is 0 Å². The third kappa shape index (κ3) is 3.58. The maximum absolute atomic E-state index is 12.4. The molecule has 100 valence electrons. The zero-order valence-electron chi connectivity index (χ0n) is 10.2. The summed E-state index contributed by atoms with van der Waals surface area (Å²) in [6.07, 6.45) is -3.78. The largest absolute Gasteiger partial charge is 0.416 e. The molecule has 0 aliphatic carbocycles. The Labute approximate surface area is 109 Å². The first-order valence-electron chi connectivity index (χ1n) is 5.93. The SMILES string of the molecule is NC(Cc1ccc(C(F)(F)F)cc1)c1ccccc1. The van der Waals surface area contributed by atoms with Crippen molar-refractivity contribution in [2.24, 2.45) is 5.73 Å². The van der Waals surface area contributed by atoms with Crippen LogP contribution >= 0.6 is 0 Å². The number of hydrogen-bond donors (Lipinski definition) is 1. The molecule has 1 atom stereocenters. The molecule has 19 heavy (non-hydrogen) atoms. The number of halogens is 3. The van der Waals surface area contributed by atoms with Gasteiger partial charge in [0, 0.05) is 6.04 Å². The Balaban J connectivity index is 2.08. The normalized spacial score (nSPS) is 13.3. The molecule has 0 radical (unpaired) electrons. The maximum atomic E-state index is 12.4. The predicted molar refractivity (Wildman–Crippen MR) is 68.5 cm³/mol. The first-order valence-corrected chi connectivity index (χ1v) is 5.93. The third-order valence-electron chi connectivity index (χ3n) is 2.96. The summed E-state index contributed by atoms with van der Waals surface area (Å²) in [4.78, 5) is 0. The van der Waals surface area contributed by atoms with Crippen LogP contribution in [0.25, 0.3) is 0 Å². The maximum Gasteiger partial charge on any atom is 0.416 e. The van der Waals surface area contributed by atoms with E-state index in [0.717, 1.165) is 23.3 Å². The van der Waals surface area contributed by atoms with Crippen LogP contribution in [0.15, 0.2) is 54.6 Å². The Morgan fingerprint density at radius 1 is 0.895 bits per heavy atom. The van der Waals surface area contributed by atoms with Crippen molar-refractivity contribution in [2.75, 3.05) is 0 Å². The van der Waals surface area contributed by atoms with Gasteiger partial charge in [0.25, 0.3) is 0 Å². The molecule has 2 N–H and O–H groups in total. The summed E-state index contributed by atoms with van der Waals surface area (Å²) < 4.78 is 37.3. The second-order valence-corrected chi connectivity index (χ2v) is 4.42. The molecule has 1 nitrogen and oxygen atoms in total. The van der Waals surface area contributed by atoms with Crippen molar-refractivity contribution in [1.82, 2.24) is 0 Å². The van der Waals surface area contributed by atoms with Crippen molar-refractivity contribution < 1.29 is 13.2 Å². The van der Waals surface area contributed by atoms with Gasteiger partial charge in [-0.2, -0.15) is 13.2 Å². The summed E-state index contributed by atoms with van der Waals surface area (Å²) in [6.45, 7) is 0. The molecule has 2 aromatic carbocycles. The van der Waals surface area contributed by atoms with Crippen molar-refractivity contribution in [2.45, 2.75) is 18.6 Å². The van der Waals surface area contributed by atoms with E-state index in [1.165, 1.54) is 12.1 Å². The fourth-order valence-corrected chi connectivity index (χ4v) is 1.90. The van der Waals surface area contributed by atoms with E-state index in [4.69, 9.17) is 5.73 Å².